The van der Waals surface area contributed by atoms with Gasteiger partial charge in [0.25, 0.3) is 0 Å². The summed E-state index contributed by atoms with van der Waals surface area (Å²) in [6.07, 6.45) is 10.5. The molecule has 6 atom stereocenters. The first-order chi connectivity index (χ1) is 12.9. The van der Waals surface area contributed by atoms with Crippen molar-refractivity contribution in [1.29, 1.82) is 0 Å². The molecule has 1 aliphatic rings. The molecule has 0 bridgehead atoms. The van der Waals surface area contributed by atoms with E-state index in [2.05, 4.69) is 26.0 Å². The smallest absolute Gasteiger partial charge is 0.205 e. The monoisotopic (exact) mass is 401 g/mol. The molecule has 0 spiro atoms. The van der Waals surface area contributed by atoms with Gasteiger partial charge in [-0.3, -0.25) is 0 Å². The fraction of sp³-hybridized carbons (Fsp3) is 0.909. The van der Waals surface area contributed by atoms with Gasteiger partial charge in [-0.2, -0.15) is 0 Å². The minimum Gasteiger partial charge on any atom is -0.411 e. The van der Waals surface area contributed by atoms with E-state index in [0.717, 1.165) is 32.1 Å². The first-order valence-electron chi connectivity index (χ1n) is 11.0. The summed E-state index contributed by atoms with van der Waals surface area (Å²) >= 11 is 0. The zero-order valence-electron chi connectivity index (χ0n) is 17.9. The summed E-state index contributed by atoms with van der Waals surface area (Å²) in [5.41, 5.74) is 0. The van der Waals surface area contributed by atoms with Crippen LogP contribution in [0, 0.1) is 11.8 Å². The van der Waals surface area contributed by atoms with E-state index in [0.29, 0.717) is 19.3 Å². The summed E-state index contributed by atoms with van der Waals surface area (Å²) < 4.78 is 20.6. The lowest BCUT2D eigenvalue weighted by Gasteiger charge is -2.28. The Balaban J connectivity index is 2.62. The quantitative estimate of drug-likeness (QED) is 0.232. The predicted octanol–water partition coefficient (Wildman–Crippen LogP) is 5.43. The third-order valence-electron chi connectivity index (χ3n) is 5.73. The van der Waals surface area contributed by atoms with Crippen molar-refractivity contribution in [2.45, 2.75) is 116 Å². The van der Waals surface area contributed by atoms with Crippen LogP contribution in [0.5, 0.6) is 0 Å². The third-order valence-corrected chi connectivity index (χ3v) is 6.50. The fourth-order valence-corrected chi connectivity index (χ4v) is 5.03. The molecule has 0 saturated heterocycles. The molecule has 1 radical (unpaired) electrons. The van der Waals surface area contributed by atoms with Crippen LogP contribution >= 0.6 is 0 Å². The van der Waals surface area contributed by atoms with Gasteiger partial charge >= 0.3 is 0 Å². The van der Waals surface area contributed by atoms with Gasteiger partial charge in [-0.15, -0.1) is 0 Å². The molecule has 1 rings (SSSR count). The van der Waals surface area contributed by atoms with Crippen molar-refractivity contribution < 1.29 is 19.0 Å². The molecule has 0 aromatic rings. The van der Waals surface area contributed by atoms with Gasteiger partial charge < -0.3 is 14.6 Å². The number of alkyl halides is 1. The van der Waals surface area contributed by atoms with Crippen LogP contribution in [0.3, 0.4) is 0 Å². The molecular formula is C22H42FO3Si. The van der Waals surface area contributed by atoms with Crippen LogP contribution in [0.2, 0.25) is 13.1 Å². The van der Waals surface area contributed by atoms with E-state index in [4.69, 9.17) is 4.43 Å². The molecule has 0 aliphatic heterocycles. The number of aliphatic hydroxyl groups excluding tert-OH is 2. The Bertz CT molecular complexity index is 405. The molecule has 27 heavy (non-hydrogen) atoms. The van der Waals surface area contributed by atoms with Crippen molar-refractivity contribution in [2.75, 3.05) is 0 Å². The highest BCUT2D eigenvalue weighted by Gasteiger charge is 2.41. The normalized spacial score (nSPS) is 28.3. The van der Waals surface area contributed by atoms with Gasteiger partial charge in [0.15, 0.2) is 0 Å². The van der Waals surface area contributed by atoms with Crippen LogP contribution in [0.15, 0.2) is 12.2 Å². The van der Waals surface area contributed by atoms with Gasteiger partial charge in [-0.1, -0.05) is 51.7 Å². The Kier molecular flexibility index (Phi) is 12.7. The molecule has 1 fully saturated rings. The van der Waals surface area contributed by atoms with Crippen molar-refractivity contribution in [3.63, 3.8) is 0 Å². The van der Waals surface area contributed by atoms with E-state index in [1.807, 2.05) is 13.1 Å². The summed E-state index contributed by atoms with van der Waals surface area (Å²) in [5.74, 6) is 0.102. The summed E-state index contributed by atoms with van der Waals surface area (Å²) in [5, 5.41) is 20.8. The molecule has 0 aromatic carbocycles. The van der Waals surface area contributed by atoms with Crippen LogP contribution in [0.25, 0.3) is 0 Å². The molecule has 5 unspecified atom stereocenters. The Labute approximate surface area is 168 Å². The molecule has 3 nitrogen and oxygen atoms in total. The van der Waals surface area contributed by atoms with Crippen LogP contribution in [-0.2, 0) is 4.43 Å². The molecule has 2 N–H and O–H groups in total. The molecule has 0 heterocycles. The number of hydrogen-bond donors (Lipinski definition) is 2. The highest BCUT2D eigenvalue weighted by molar-refractivity contribution is 6.48. The Morgan fingerprint density at radius 1 is 1.04 bits per heavy atom. The minimum atomic E-state index is -0.970. The SMILES string of the molecule is CCCC/C=C\CC1C(O)CC(O)[C@@H]1CCC(O[Si](C)C)C(F)CCCC. The molecule has 5 heteroatoms. The largest absolute Gasteiger partial charge is 0.411 e. The second kappa shape index (κ2) is 13.9. The number of unbranched alkanes of at least 4 members (excludes halogenated alkanes) is 3. The van der Waals surface area contributed by atoms with E-state index in [1.54, 1.807) is 0 Å². The lowest BCUT2D eigenvalue weighted by atomic mass is 9.85. The van der Waals surface area contributed by atoms with Gasteiger partial charge in [-0.05, 0) is 63.5 Å². The molecule has 1 saturated carbocycles. The van der Waals surface area contributed by atoms with Crippen molar-refractivity contribution in [2.24, 2.45) is 11.8 Å². The molecule has 0 aromatic heterocycles. The summed E-state index contributed by atoms with van der Waals surface area (Å²) in [6, 6.07) is 0. The van der Waals surface area contributed by atoms with Gasteiger partial charge in [0.2, 0.25) is 9.04 Å². The standard InChI is InChI=1S/C22H42FO3Si/c1-5-7-9-10-11-12-17-18(21(25)16-20(17)24)14-15-22(26-27(3)4)19(23)13-8-6-2/h10-11,17-22,24-25H,5-9,12-16H2,1-4H3/b11-10-/t17?,18-,19?,20?,21?,22?/m1/s1. The summed E-state index contributed by atoms with van der Waals surface area (Å²) in [6.45, 7) is 8.34. The Morgan fingerprint density at radius 3 is 2.33 bits per heavy atom. The highest BCUT2D eigenvalue weighted by atomic mass is 28.3. The zero-order chi connectivity index (χ0) is 20.2. The first-order valence-corrected chi connectivity index (χ1v) is 13.4. The second-order valence-corrected chi connectivity index (χ2v) is 10.4. The lowest BCUT2D eigenvalue weighted by molar-refractivity contribution is 0.0580. The van der Waals surface area contributed by atoms with Crippen LogP contribution < -0.4 is 0 Å². The number of rotatable bonds is 14. The van der Waals surface area contributed by atoms with Crippen LogP contribution in [0.1, 0.15) is 78.1 Å². The maximum atomic E-state index is 14.6. The number of halogens is 1. The van der Waals surface area contributed by atoms with Crippen molar-refractivity contribution in [1.82, 2.24) is 0 Å². The van der Waals surface area contributed by atoms with Crippen molar-refractivity contribution in [3.8, 4) is 0 Å². The molecular weight excluding hydrogens is 359 g/mol. The predicted molar refractivity (Wildman–Crippen MR) is 113 cm³/mol. The second-order valence-electron chi connectivity index (χ2n) is 8.35. The Morgan fingerprint density at radius 2 is 1.70 bits per heavy atom. The number of hydrogen-bond acceptors (Lipinski definition) is 3. The average Bonchev–Trinajstić information content (AvgIpc) is 2.89. The fourth-order valence-electron chi connectivity index (χ4n) is 4.16. The number of aliphatic hydroxyl groups is 2. The third kappa shape index (κ3) is 9.20. The van der Waals surface area contributed by atoms with Gasteiger partial charge in [-0.25, -0.2) is 4.39 Å². The maximum Gasteiger partial charge on any atom is 0.205 e. The van der Waals surface area contributed by atoms with Crippen molar-refractivity contribution >= 4 is 9.04 Å². The van der Waals surface area contributed by atoms with Crippen molar-refractivity contribution in [3.05, 3.63) is 12.2 Å². The van der Waals surface area contributed by atoms with Gasteiger partial charge in [0.1, 0.15) is 6.17 Å². The maximum absolute atomic E-state index is 14.6. The van der Waals surface area contributed by atoms with Gasteiger partial charge in [0, 0.05) is 0 Å². The topological polar surface area (TPSA) is 49.7 Å². The van der Waals surface area contributed by atoms with E-state index < -0.39 is 27.4 Å². The van der Waals surface area contributed by atoms with Crippen LogP contribution in [-0.4, -0.2) is 43.7 Å². The molecule has 0 amide bonds. The van der Waals surface area contributed by atoms with E-state index >= 15 is 0 Å². The minimum absolute atomic E-state index is 0.0321. The first kappa shape index (κ1) is 24.8. The lowest BCUT2D eigenvalue weighted by Crippen LogP contribution is -2.32. The summed E-state index contributed by atoms with van der Waals surface area (Å²) in [7, 11) is -0.970. The molecule has 1 aliphatic carbocycles. The van der Waals surface area contributed by atoms with E-state index in [9.17, 15) is 14.6 Å². The zero-order valence-corrected chi connectivity index (χ0v) is 18.9. The number of allylic oxidation sites excluding steroid dienone is 2. The summed E-state index contributed by atoms with van der Waals surface area (Å²) in [4.78, 5) is 0. The Hall–Kier alpha value is -0.233. The van der Waals surface area contributed by atoms with E-state index in [-0.39, 0.29) is 17.9 Å². The van der Waals surface area contributed by atoms with E-state index in [1.165, 1.54) is 12.8 Å². The highest BCUT2D eigenvalue weighted by Crippen LogP contribution is 2.39. The van der Waals surface area contributed by atoms with Crippen LogP contribution in [0.4, 0.5) is 4.39 Å². The average molecular weight is 402 g/mol. The van der Waals surface area contributed by atoms with Gasteiger partial charge in [0.05, 0.1) is 18.3 Å². The molecule has 159 valence electrons.